The molecule has 2 aromatic rings. The highest BCUT2D eigenvalue weighted by Gasteiger charge is 2.31. The third-order valence-corrected chi connectivity index (χ3v) is 7.34. The van der Waals surface area contributed by atoms with Crippen molar-refractivity contribution >= 4 is 38.5 Å². The first-order valence-electron chi connectivity index (χ1n) is 9.44. The topological polar surface area (TPSA) is 79.3 Å². The second-order valence-electron chi connectivity index (χ2n) is 7.22. The van der Waals surface area contributed by atoms with E-state index in [2.05, 4.69) is 4.99 Å². The van der Waals surface area contributed by atoms with Gasteiger partial charge in [-0.3, -0.25) is 9.69 Å². The van der Waals surface area contributed by atoms with Crippen molar-refractivity contribution in [1.29, 1.82) is 0 Å². The van der Waals surface area contributed by atoms with Crippen LogP contribution in [0.15, 0.2) is 58.4 Å². The van der Waals surface area contributed by atoms with Gasteiger partial charge in [-0.2, -0.15) is 0 Å². The molecule has 9 heteroatoms. The molecule has 0 N–H and O–H groups in total. The van der Waals surface area contributed by atoms with Gasteiger partial charge in [0.1, 0.15) is 5.75 Å². The summed E-state index contributed by atoms with van der Waals surface area (Å²) in [6.07, 6.45) is 0. The molecule has 1 saturated heterocycles. The normalized spacial score (nSPS) is 18.2. The van der Waals surface area contributed by atoms with Gasteiger partial charge in [0.25, 0.3) is 5.91 Å². The van der Waals surface area contributed by atoms with Crippen LogP contribution >= 0.6 is 11.8 Å². The summed E-state index contributed by atoms with van der Waals surface area (Å²) in [4.78, 5) is 19.1. The lowest BCUT2D eigenvalue weighted by molar-refractivity contribution is -0.129. The molecule has 1 aliphatic rings. The van der Waals surface area contributed by atoms with Crippen LogP contribution in [0.1, 0.15) is 12.5 Å². The number of benzene rings is 2. The minimum Gasteiger partial charge on any atom is -0.484 e. The lowest BCUT2D eigenvalue weighted by Gasteiger charge is -2.17. The number of hydrogen-bond acceptors (Lipinski definition) is 6. The Balaban J connectivity index is 1.79. The number of aryl methyl sites for hydroxylation is 1. The molecule has 0 saturated carbocycles. The minimum atomic E-state index is -3.56. The van der Waals surface area contributed by atoms with Crippen LogP contribution in [-0.2, 0) is 14.8 Å². The lowest BCUT2D eigenvalue weighted by atomic mass is 10.2. The zero-order valence-electron chi connectivity index (χ0n) is 17.4. The molecule has 7 nitrogen and oxygen atoms in total. The van der Waals surface area contributed by atoms with E-state index >= 15 is 0 Å². The van der Waals surface area contributed by atoms with Gasteiger partial charge in [0.2, 0.25) is 10.0 Å². The van der Waals surface area contributed by atoms with Gasteiger partial charge in [0.15, 0.2) is 11.8 Å². The van der Waals surface area contributed by atoms with Crippen molar-refractivity contribution < 1.29 is 17.9 Å². The van der Waals surface area contributed by atoms with E-state index in [4.69, 9.17) is 4.74 Å². The number of hydrogen-bond donors (Lipinski definition) is 0. The molecule has 0 spiro atoms. The van der Waals surface area contributed by atoms with Gasteiger partial charge < -0.3 is 4.74 Å². The molecule has 1 atom stereocenters. The fraction of sp³-hybridized carbons (Fsp3) is 0.333. The average molecular weight is 448 g/mol. The van der Waals surface area contributed by atoms with Crippen LogP contribution in [0.4, 0.5) is 5.69 Å². The largest absolute Gasteiger partial charge is 0.484 e. The predicted molar refractivity (Wildman–Crippen MR) is 120 cm³/mol. The summed E-state index contributed by atoms with van der Waals surface area (Å²) >= 11 is 1.48. The maximum absolute atomic E-state index is 12.8. The Morgan fingerprint density at radius 2 is 1.97 bits per heavy atom. The standard InChI is InChI=1S/C21H25N3O4S2/c1-15-7-5-9-18(11-15)28-14-20(25)24-13-16(2)29-21(24)22-17-8-6-10-19(12-17)30(26,27)23(3)4/h5-12,16H,13-14H2,1-4H3. The van der Waals surface area contributed by atoms with Gasteiger partial charge in [-0.05, 0) is 42.8 Å². The molecule has 3 rings (SSSR count). The van der Waals surface area contributed by atoms with E-state index in [1.165, 1.54) is 38.0 Å². The van der Waals surface area contributed by atoms with Crippen molar-refractivity contribution in [3.8, 4) is 5.75 Å². The van der Waals surface area contributed by atoms with E-state index < -0.39 is 10.0 Å². The third kappa shape index (κ3) is 5.21. The zero-order valence-corrected chi connectivity index (χ0v) is 19.0. The Morgan fingerprint density at radius 3 is 2.67 bits per heavy atom. The number of ether oxygens (including phenoxy) is 1. The molecule has 1 fully saturated rings. The lowest BCUT2D eigenvalue weighted by Crippen LogP contribution is -2.36. The van der Waals surface area contributed by atoms with Gasteiger partial charge in [-0.15, -0.1) is 0 Å². The fourth-order valence-corrected chi connectivity index (χ4v) is 4.86. The predicted octanol–water partition coefficient (Wildman–Crippen LogP) is 3.28. The van der Waals surface area contributed by atoms with Gasteiger partial charge in [0.05, 0.1) is 10.6 Å². The molecule has 0 aliphatic carbocycles. The van der Waals surface area contributed by atoms with E-state index in [0.29, 0.717) is 23.1 Å². The minimum absolute atomic E-state index is 0.0925. The molecule has 0 bridgehead atoms. The molecular formula is C21H25N3O4S2. The summed E-state index contributed by atoms with van der Waals surface area (Å²) in [7, 11) is -0.593. The van der Waals surface area contributed by atoms with Gasteiger partial charge in [-0.25, -0.2) is 17.7 Å². The molecule has 1 unspecified atom stereocenters. The maximum Gasteiger partial charge on any atom is 0.266 e. The number of carbonyl (C=O) groups is 1. The van der Waals surface area contributed by atoms with Crippen LogP contribution in [0.25, 0.3) is 0 Å². The first kappa shape index (κ1) is 22.3. The summed E-state index contributed by atoms with van der Waals surface area (Å²) < 4.78 is 31.6. The average Bonchev–Trinajstić information content (AvgIpc) is 3.06. The number of nitrogens with zero attached hydrogens (tertiary/aromatic N) is 3. The van der Waals surface area contributed by atoms with E-state index in [9.17, 15) is 13.2 Å². The summed E-state index contributed by atoms with van der Waals surface area (Å²) in [5.41, 5.74) is 1.53. The first-order chi connectivity index (χ1) is 14.2. The Labute approximate surface area is 181 Å². The monoisotopic (exact) mass is 447 g/mol. The summed E-state index contributed by atoms with van der Waals surface area (Å²) in [5, 5.41) is 0.722. The second-order valence-corrected chi connectivity index (χ2v) is 10.8. The molecule has 0 radical (unpaired) electrons. The van der Waals surface area contributed by atoms with Gasteiger partial charge in [0, 0.05) is 25.9 Å². The van der Waals surface area contributed by atoms with Crippen molar-refractivity contribution in [1.82, 2.24) is 9.21 Å². The number of sulfonamides is 1. The summed E-state index contributed by atoms with van der Waals surface area (Å²) in [6, 6.07) is 13.9. The summed E-state index contributed by atoms with van der Waals surface area (Å²) in [6.45, 7) is 4.41. The van der Waals surface area contributed by atoms with Crippen LogP contribution < -0.4 is 4.74 Å². The molecule has 160 valence electrons. The van der Waals surface area contributed by atoms with E-state index in [0.717, 1.165) is 9.87 Å². The SMILES string of the molecule is Cc1cccc(OCC(=O)N2CC(C)SC2=Nc2cccc(S(=O)(=O)N(C)C)c2)c1. The Bertz CT molecular complexity index is 1070. The van der Waals surface area contributed by atoms with Crippen molar-refractivity contribution in [2.24, 2.45) is 4.99 Å². The smallest absolute Gasteiger partial charge is 0.266 e. The van der Waals surface area contributed by atoms with E-state index in [1.54, 1.807) is 17.0 Å². The number of carbonyl (C=O) groups excluding carboxylic acids is 1. The Hall–Kier alpha value is -2.36. The van der Waals surface area contributed by atoms with Gasteiger partial charge in [-0.1, -0.05) is 36.9 Å². The molecule has 2 aromatic carbocycles. The number of thioether (sulfide) groups is 1. The molecule has 0 aromatic heterocycles. The molecule has 30 heavy (non-hydrogen) atoms. The second kappa shape index (κ2) is 9.20. The van der Waals surface area contributed by atoms with Crippen LogP contribution in [0.3, 0.4) is 0 Å². The Morgan fingerprint density at radius 1 is 1.23 bits per heavy atom. The van der Waals surface area contributed by atoms with Crippen LogP contribution in [0.5, 0.6) is 5.75 Å². The van der Waals surface area contributed by atoms with Crippen molar-refractivity contribution in [3.05, 3.63) is 54.1 Å². The third-order valence-electron chi connectivity index (χ3n) is 4.45. The number of rotatable bonds is 6. The zero-order chi connectivity index (χ0) is 21.9. The highest BCUT2D eigenvalue weighted by molar-refractivity contribution is 8.14. The first-order valence-corrected chi connectivity index (χ1v) is 11.8. The molecule has 1 aliphatic heterocycles. The quantitative estimate of drug-likeness (QED) is 0.679. The van der Waals surface area contributed by atoms with Crippen LogP contribution in [0.2, 0.25) is 0 Å². The van der Waals surface area contributed by atoms with E-state index in [1.807, 2.05) is 38.1 Å². The van der Waals surface area contributed by atoms with Crippen molar-refractivity contribution in [3.63, 3.8) is 0 Å². The highest BCUT2D eigenvalue weighted by Crippen LogP contribution is 2.29. The molecular weight excluding hydrogens is 422 g/mol. The summed E-state index contributed by atoms with van der Waals surface area (Å²) in [5.74, 6) is 0.451. The maximum atomic E-state index is 12.8. The van der Waals surface area contributed by atoms with Gasteiger partial charge >= 0.3 is 0 Å². The molecule has 1 amide bonds. The van der Waals surface area contributed by atoms with Crippen molar-refractivity contribution in [2.45, 2.75) is 24.0 Å². The fourth-order valence-electron chi connectivity index (χ4n) is 2.87. The van der Waals surface area contributed by atoms with Crippen LogP contribution in [-0.4, -0.2) is 61.2 Å². The molecule has 1 heterocycles. The number of amides is 1. The number of amidine groups is 1. The Kier molecular flexibility index (Phi) is 6.84. The van der Waals surface area contributed by atoms with E-state index in [-0.39, 0.29) is 22.7 Å². The highest BCUT2D eigenvalue weighted by atomic mass is 32.2. The number of aliphatic imine (C=N–C) groups is 1. The van der Waals surface area contributed by atoms with Crippen LogP contribution in [0, 0.1) is 6.92 Å². The van der Waals surface area contributed by atoms with Crippen molar-refractivity contribution in [2.75, 3.05) is 27.2 Å².